The minimum Gasteiger partial charge on any atom is -0.457 e. The van der Waals surface area contributed by atoms with E-state index in [0.717, 1.165) is 28.1 Å². The van der Waals surface area contributed by atoms with E-state index in [0.29, 0.717) is 11.1 Å². The van der Waals surface area contributed by atoms with Crippen LogP contribution in [0.15, 0.2) is 46.9 Å². The van der Waals surface area contributed by atoms with Crippen molar-refractivity contribution in [2.75, 3.05) is 0 Å². The monoisotopic (exact) mass is 353 g/mol. The van der Waals surface area contributed by atoms with Crippen molar-refractivity contribution in [2.24, 2.45) is 0 Å². The molecule has 0 heterocycles. The van der Waals surface area contributed by atoms with Crippen molar-refractivity contribution in [2.45, 2.75) is 26.4 Å². The van der Waals surface area contributed by atoms with Crippen LogP contribution in [0.1, 0.15) is 19.4 Å². The molecule has 0 saturated carbocycles. The van der Waals surface area contributed by atoms with Crippen molar-refractivity contribution in [3.63, 3.8) is 0 Å². The summed E-state index contributed by atoms with van der Waals surface area (Å²) in [7, 11) is 0. The summed E-state index contributed by atoms with van der Waals surface area (Å²) in [6.45, 7) is 4.94. The van der Waals surface area contributed by atoms with Gasteiger partial charge in [0, 0.05) is 27.6 Å². The molecule has 0 radical (unpaired) electrons. The summed E-state index contributed by atoms with van der Waals surface area (Å²) < 4.78 is 6.94. The highest BCUT2D eigenvalue weighted by atomic mass is 79.9. The first-order chi connectivity index (χ1) is 9.54. The highest BCUT2D eigenvalue weighted by molar-refractivity contribution is 9.10. The second-order valence-corrected chi connectivity index (χ2v) is 6.20. The highest BCUT2D eigenvalue weighted by Crippen LogP contribution is 2.29. The topological polar surface area (TPSA) is 21.3 Å². The van der Waals surface area contributed by atoms with E-state index in [-0.39, 0.29) is 0 Å². The molecule has 4 heteroatoms. The second kappa shape index (κ2) is 7.11. The van der Waals surface area contributed by atoms with Gasteiger partial charge in [0.2, 0.25) is 0 Å². The zero-order valence-corrected chi connectivity index (χ0v) is 13.8. The summed E-state index contributed by atoms with van der Waals surface area (Å²) in [6.07, 6.45) is 0. The molecular formula is C16H17BrClNO. The van der Waals surface area contributed by atoms with Crippen LogP contribution in [0, 0.1) is 0 Å². The third-order valence-electron chi connectivity index (χ3n) is 2.75. The number of hydrogen-bond donors (Lipinski definition) is 1. The molecule has 0 spiro atoms. The lowest BCUT2D eigenvalue weighted by Gasteiger charge is -2.14. The van der Waals surface area contributed by atoms with Crippen LogP contribution in [0.25, 0.3) is 0 Å². The van der Waals surface area contributed by atoms with Crippen molar-refractivity contribution in [1.29, 1.82) is 0 Å². The van der Waals surface area contributed by atoms with Crippen LogP contribution in [0.2, 0.25) is 5.02 Å². The number of halogens is 2. The molecule has 20 heavy (non-hydrogen) atoms. The predicted molar refractivity (Wildman–Crippen MR) is 87.6 cm³/mol. The first-order valence-corrected chi connectivity index (χ1v) is 7.67. The minimum absolute atomic E-state index is 0.410. The zero-order chi connectivity index (χ0) is 14.5. The van der Waals surface area contributed by atoms with Crippen molar-refractivity contribution in [3.05, 3.63) is 57.5 Å². The van der Waals surface area contributed by atoms with Gasteiger partial charge in [-0.15, -0.1) is 0 Å². The SMILES string of the molecule is CC(C)NCc1cc(Cl)ccc1Oc1cccc(Br)c1. The Morgan fingerprint density at radius 1 is 1.20 bits per heavy atom. The Hall–Kier alpha value is -1.03. The summed E-state index contributed by atoms with van der Waals surface area (Å²) in [5.41, 5.74) is 1.05. The van der Waals surface area contributed by atoms with Gasteiger partial charge in [0.05, 0.1) is 0 Å². The Kier molecular flexibility index (Phi) is 5.46. The average Bonchev–Trinajstić information content (AvgIpc) is 2.39. The fraction of sp³-hybridized carbons (Fsp3) is 0.250. The predicted octanol–water partition coefficient (Wildman–Crippen LogP) is 5.39. The Morgan fingerprint density at radius 3 is 2.70 bits per heavy atom. The van der Waals surface area contributed by atoms with E-state index < -0.39 is 0 Å². The summed E-state index contributed by atoms with van der Waals surface area (Å²) in [5, 5.41) is 4.09. The first kappa shape index (κ1) is 15.4. The number of benzene rings is 2. The van der Waals surface area contributed by atoms with E-state index in [1.165, 1.54) is 0 Å². The summed E-state index contributed by atoms with van der Waals surface area (Å²) in [5.74, 6) is 1.62. The summed E-state index contributed by atoms with van der Waals surface area (Å²) in [6, 6.07) is 13.9. The van der Waals surface area contributed by atoms with Crippen molar-refractivity contribution >= 4 is 27.5 Å². The molecule has 0 bridgehead atoms. The van der Waals surface area contributed by atoms with Gasteiger partial charge in [-0.05, 0) is 36.4 Å². The summed E-state index contributed by atoms with van der Waals surface area (Å²) >= 11 is 9.51. The van der Waals surface area contributed by atoms with E-state index >= 15 is 0 Å². The van der Waals surface area contributed by atoms with Gasteiger partial charge in [0.25, 0.3) is 0 Å². The van der Waals surface area contributed by atoms with Crippen molar-refractivity contribution < 1.29 is 4.74 Å². The maximum Gasteiger partial charge on any atom is 0.132 e. The van der Waals surface area contributed by atoms with E-state index in [4.69, 9.17) is 16.3 Å². The van der Waals surface area contributed by atoms with E-state index in [1.54, 1.807) is 0 Å². The molecule has 2 aromatic rings. The van der Waals surface area contributed by atoms with E-state index in [9.17, 15) is 0 Å². The lowest BCUT2D eigenvalue weighted by atomic mass is 10.2. The minimum atomic E-state index is 0.410. The molecule has 106 valence electrons. The Morgan fingerprint density at radius 2 is 2.00 bits per heavy atom. The molecule has 0 amide bonds. The molecule has 0 aliphatic rings. The smallest absolute Gasteiger partial charge is 0.132 e. The Bertz CT molecular complexity index is 586. The molecule has 0 fully saturated rings. The quantitative estimate of drug-likeness (QED) is 0.777. The molecule has 0 atom stereocenters. The van der Waals surface area contributed by atoms with Crippen LogP contribution >= 0.6 is 27.5 Å². The standard InChI is InChI=1S/C16H17BrClNO/c1-11(2)19-10-12-8-14(18)6-7-16(12)20-15-5-3-4-13(17)9-15/h3-9,11,19H,10H2,1-2H3. The van der Waals surface area contributed by atoms with Crippen molar-refractivity contribution in [1.82, 2.24) is 5.32 Å². The molecule has 0 aliphatic carbocycles. The fourth-order valence-corrected chi connectivity index (χ4v) is 2.33. The van der Waals surface area contributed by atoms with Gasteiger partial charge >= 0.3 is 0 Å². The zero-order valence-electron chi connectivity index (χ0n) is 11.5. The molecule has 2 aromatic carbocycles. The Labute approximate surface area is 133 Å². The van der Waals surface area contributed by atoms with Gasteiger partial charge in [-0.1, -0.05) is 47.4 Å². The number of hydrogen-bond acceptors (Lipinski definition) is 2. The van der Waals surface area contributed by atoms with Crippen LogP contribution in [0.4, 0.5) is 0 Å². The average molecular weight is 355 g/mol. The second-order valence-electron chi connectivity index (χ2n) is 4.85. The highest BCUT2D eigenvalue weighted by Gasteiger charge is 2.07. The number of ether oxygens (including phenoxy) is 1. The van der Waals surface area contributed by atoms with Crippen LogP contribution in [-0.4, -0.2) is 6.04 Å². The van der Waals surface area contributed by atoms with Crippen LogP contribution in [-0.2, 0) is 6.54 Å². The normalized spacial score (nSPS) is 10.8. The third kappa shape index (κ3) is 4.51. The van der Waals surface area contributed by atoms with Gasteiger partial charge in [-0.2, -0.15) is 0 Å². The van der Waals surface area contributed by atoms with Gasteiger partial charge in [0.1, 0.15) is 11.5 Å². The molecule has 0 aliphatic heterocycles. The third-order valence-corrected chi connectivity index (χ3v) is 3.48. The van der Waals surface area contributed by atoms with Crippen LogP contribution in [0.3, 0.4) is 0 Å². The maximum atomic E-state index is 6.07. The van der Waals surface area contributed by atoms with Crippen LogP contribution in [0.5, 0.6) is 11.5 Å². The number of rotatable bonds is 5. The van der Waals surface area contributed by atoms with Crippen molar-refractivity contribution in [3.8, 4) is 11.5 Å². The van der Waals surface area contributed by atoms with Gasteiger partial charge in [-0.25, -0.2) is 0 Å². The first-order valence-electron chi connectivity index (χ1n) is 6.50. The number of nitrogens with one attached hydrogen (secondary N) is 1. The molecular weight excluding hydrogens is 338 g/mol. The lowest BCUT2D eigenvalue weighted by molar-refractivity contribution is 0.469. The lowest BCUT2D eigenvalue weighted by Crippen LogP contribution is -2.22. The van der Waals surface area contributed by atoms with Gasteiger partial charge in [0.15, 0.2) is 0 Å². The molecule has 0 unspecified atom stereocenters. The van der Waals surface area contributed by atoms with E-state index in [2.05, 4.69) is 35.1 Å². The molecule has 1 N–H and O–H groups in total. The fourth-order valence-electron chi connectivity index (χ4n) is 1.76. The largest absolute Gasteiger partial charge is 0.457 e. The maximum absolute atomic E-state index is 6.07. The van der Waals surface area contributed by atoms with Crippen LogP contribution < -0.4 is 10.1 Å². The van der Waals surface area contributed by atoms with E-state index in [1.807, 2.05) is 42.5 Å². The molecule has 0 aromatic heterocycles. The Balaban J connectivity index is 2.21. The summed E-state index contributed by atoms with van der Waals surface area (Å²) in [4.78, 5) is 0. The molecule has 2 rings (SSSR count). The molecule has 0 saturated heterocycles. The van der Waals surface area contributed by atoms with Gasteiger partial charge < -0.3 is 10.1 Å². The molecule has 2 nitrogen and oxygen atoms in total. The van der Waals surface area contributed by atoms with Gasteiger partial charge in [-0.3, -0.25) is 0 Å².